The molecule has 0 aliphatic rings. The first-order chi connectivity index (χ1) is 8.69. The van der Waals surface area contributed by atoms with Crippen molar-refractivity contribution in [2.45, 2.75) is 40.5 Å². The van der Waals surface area contributed by atoms with E-state index in [1.165, 1.54) is 29.5 Å². The Morgan fingerprint density at radius 3 is 2.33 bits per heavy atom. The second kappa shape index (κ2) is 7.95. The highest BCUT2D eigenvalue weighted by molar-refractivity contribution is 5.44. The van der Waals surface area contributed by atoms with Crippen molar-refractivity contribution in [3.8, 4) is 11.8 Å². The second-order valence-corrected chi connectivity index (χ2v) is 4.83. The van der Waals surface area contributed by atoms with Gasteiger partial charge < -0.3 is 0 Å². The van der Waals surface area contributed by atoms with Gasteiger partial charge in [-0.3, -0.25) is 4.90 Å². The van der Waals surface area contributed by atoms with E-state index in [-0.39, 0.29) is 0 Å². The van der Waals surface area contributed by atoms with Gasteiger partial charge in [0.15, 0.2) is 0 Å². The lowest BCUT2D eigenvalue weighted by Gasteiger charge is -2.17. The van der Waals surface area contributed by atoms with Gasteiger partial charge in [-0.25, -0.2) is 0 Å². The second-order valence-electron chi connectivity index (χ2n) is 4.83. The molecule has 1 rings (SSSR count). The third-order valence-corrected chi connectivity index (χ3v) is 3.21. The van der Waals surface area contributed by atoms with E-state index in [1.807, 2.05) is 0 Å². The Hall–Kier alpha value is -1.26. The molecule has 0 amide bonds. The summed E-state index contributed by atoms with van der Waals surface area (Å²) in [6, 6.07) is 6.34. The molecular weight excluding hydrogens is 218 g/mol. The van der Waals surface area contributed by atoms with Gasteiger partial charge in [0.05, 0.1) is 6.54 Å². The fourth-order valence-corrected chi connectivity index (χ4v) is 2.04. The van der Waals surface area contributed by atoms with E-state index in [1.54, 1.807) is 0 Å². The molecule has 0 fully saturated rings. The van der Waals surface area contributed by atoms with Crippen LogP contribution < -0.4 is 0 Å². The van der Waals surface area contributed by atoms with Gasteiger partial charge in [0.1, 0.15) is 0 Å². The maximum Gasteiger partial charge on any atom is 0.0605 e. The zero-order chi connectivity index (χ0) is 13.4. The molecule has 0 aliphatic carbocycles. The van der Waals surface area contributed by atoms with Crippen LogP contribution in [-0.2, 0) is 0 Å². The molecule has 0 aromatic heterocycles. The van der Waals surface area contributed by atoms with Crippen LogP contribution >= 0.6 is 0 Å². The summed E-state index contributed by atoms with van der Waals surface area (Å²) in [4.78, 5) is 2.43. The summed E-state index contributed by atoms with van der Waals surface area (Å²) < 4.78 is 0. The van der Waals surface area contributed by atoms with Crippen LogP contribution in [0.2, 0.25) is 0 Å². The standard InChI is InChI=1S/C17H25N/c1-5-12-18(13-6-2)14-8-11-17-10-7-9-15(3)16(17)4/h7,9-10H,5-6,12-14H2,1-4H3. The van der Waals surface area contributed by atoms with Crippen LogP contribution in [0.4, 0.5) is 0 Å². The molecule has 0 aliphatic heterocycles. The average molecular weight is 243 g/mol. The van der Waals surface area contributed by atoms with Crippen molar-refractivity contribution < 1.29 is 0 Å². The van der Waals surface area contributed by atoms with Crippen LogP contribution in [0.15, 0.2) is 18.2 Å². The predicted molar refractivity (Wildman–Crippen MR) is 79.8 cm³/mol. The average Bonchev–Trinajstić information content (AvgIpc) is 2.35. The minimum atomic E-state index is 0.884. The molecule has 1 aromatic carbocycles. The van der Waals surface area contributed by atoms with Crippen LogP contribution in [0.1, 0.15) is 43.4 Å². The van der Waals surface area contributed by atoms with E-state index in [4.69, 9.17) is 0 Å². The van der Waals surface area contributed by atoms with Crippen molar-refractivity contribution >= 4 is 0 Å². The molecule has 1 heteroatoms. The summed E-state index contributed by atoms with van der Waals surface area (Å²) in [7, 11) is 0. The smallest absolute Gasteiger partial charge is 0.0605 e. The number of hydrogen-bond donors (Lipinski definition) is 0. The van der Waals surface area contributed by atoms with E-state index in [9.17, 15) is 0 Å². The molecule has 0 saturated carbocycles. The fraction of sp³-hybridized carbons (Fsp3) is 0.529. The first kappa shape index (κ1) is 14.8. The number of rotatable bonds is 5. The van der Waals surface area contributed by atoms with Gasteiger partial charge in [0.2, 0.25) is 0 Å². The van der Waals surface area contributed by atoms with Crippen LogP contribution in [0, 0.1) is 25.7 Å². The monoisotopic (exact) mass is 243 g/mol. The number of benzene rings is 1. The molecule has 0 radical (unpaired) electrons. The molecule has 0 unspecified atom stereocenters. The first-order valence-electron chi connectivity index (χ1n) is 6.96. The third-order valence-electron chi connectivity index (χ3n) is 3.21. The van der Waals surface area contributed by atoms with Crippen LogP contribution in [0.25, 0.3) is 0 Å². The van der Waals surface area contributed by atoms with Crippen LogP contribution in [0.3, 0.4) is 0 Å². The highest BCUT2D eigenvalue weighted by Gasteiger charge is 2.00. The van der Waals surface area contributed by atoms with Crippen molar-refractivity contribution in [2.75, 3.05) is 19.6 Å². The SMILES string of the molecule is CCCN(CC#Cc1cccc(C)c1C)CCC. The summed E-state index contributed by atoms with van der Waals surface area (Å²) in [5.41, 5.74) is 3.80. The lowest BCUT2D eigenvalue weighted by atomic mass is 10.0. The third kappa shape index (κ3) is 4.55. The van der Waals surface area contributed by atoms with Crippen molar-refractivity contribution in [1.29, 1.82) is 0 Å². The van der Waals surface area contributed by atoms with Gasteiger partial charge in [0.25, 0.3) is 0 Å². The lowest BCUT2D eigenvalue weighted by Crippen LogP contribution is -2.25. The highest BCUT2D eigenvalue weighted by atomic mass is 15.1. The summed E-state index contributed by atoms with van der Waals surface area (Å²) in [6.07, 6.45) is 2.40. The normalized spacial score (nSPS) is 10.3. The minimum Gasteiger partial charge on any atom is -0.292 e. The largest absolute Gasteiger partial charge is 0.292 e. The number of hydrogen-bond acceptors (Lipinski definition) is 1. The van der Waals surface area contributed by atoms with Gasteiger partial charge in [-0.1, -0.05) is 37.8 Å². The molecule has 0 N–H and O–H groups in total. The Labute approximate surface area is 112 Å². The Kier molecular flexibility index (Phi) is 6.54. The quantitative estimate of drug-likeness (QED) is 0.711. The van der Waals surface area contributed by atoms with Crippen LogP contribution in [-0.4, -0.2) is 24.5 Å². The van der Waals surface area contributed by atoms with E-state index < -0.39 is 0 Å². The van der Waals surface area contributed by atoms with Gasteiger partial charge >= 0.3 is 0 Å². The van der Waals surface area contributed by atoms with E-state index in [0.717, 1.165) is 19.6 Å². The predicted octanol–water partition coefficient (Wildman–Crippen LogP) is 3.78. The first-order valence-corrected chi connectivity index (χ1v) is 6.96. The number of aryl methyl sites for hydroxylation is 1. The molecule has 1 nitrogen and oxygen atoms in total. The molecule has 0 bridgehead atoms. The Morgan fingerprint density at radius 1 is 1.06 bits per heavy atom. The number of nitrogens with zero attached hydrogens (tertiary/aromatic N) is 1. The summed E-state index contributed by atoms with van der Waals surface area (Å²) in [5, 5.41) is 0. The Morgan fingerprint density at radius 2 is 1.72 bits per heavy atom. The topological polar surface area (TPSA) is 3.24 Å². The van der Waals surface area contributed by atoms with Crippen molar-refractivity contribution in [2.24, 2.45) is 0 Å². The van der Waals surface area contributed by atoms with Gasteiger partial charge in [-0.15, -0.1) is 0 Å². The minimum absolute atomic E-state index is 0.884. The Balaban J connectivity index is 2.66. The summed E-state index contributed by atoms with van der Waals surface area (Å²) in [5.74, 6) is 6.62. The molecule has 0 spiro atoms. The van der Waals surface area contributed by atoms with Crippen molar-refractivity contribution in [3.63, 3.8) is 0 Å². The van der Waals surface area contributed by atoms with E-state index >= 15 is 0 Å². The zero-order valence-corrected chi connectivity index (χ0v) is 12.2. The summed E-state index contributed by atoms with van der Waals surface area (Å²) in [6.45, 7) is 11.9. The Bertz CT molecular complexity index is 417. The molecular formula is C17H25N. The fourth-order valence-electron chi connectivity index (χ4n) is 2.04. The van der Waals surface area contributed by atoms with Crippen molar-refractivity contribution in [1.82, 2.24) is 4.90 Å². The maximum atomic E-state index is 3.32. The van der Waals surface area contributed by atoms with Gasteiger partial charge in [0, 0.05) is 5.56 Å². The summed E-state index contributed by atoms with van der Waals surface area (Å²) >= 11 is 0. The molecule has 18 heavy (non-hydrogen) atoms. The van der Waals surface area contributed by atoms with E-state index in [2.05, 4.69) is 62.6 Å². The van der Waals surface area contributed by atoms with E-state index in [0.29, 0.717) is 0 Å². The lowest BCUT2D eigenvalue weighted by molar-refractivity contribution is 0.308. The van der Waals surface area contributed by atoms with Crippen LogP contribution in [0.5, 0.6) is 0 Å². The molecule has 98 valence electrons. The molecule has 0 atom stereocenters. The molecule has 0 saturated heterocycles. The highest BCUT2D eigenvalue weighted by Crippen LogP contribution is 2.10. The molecule has 0 heterocycles. The molecule has 1 aromatic rings. The van der Waals surface area contributed by atoms with Gasteiger partial charge in [-0.05, 0) is 57.0 Å². The van der Waals surface area contributed by atoms with Gasteiger partial charge in [-0.2, -0.15) is 0 Å². The zero-order valence-electron chi connectivity index (χ0n) is 12.2. The maximum absolute atomic E-state index is 3.32. The van der Waals surface area contributed by atoms with Crippen molar-refractivity contribution in [3.05, 3.63) is 34.9 Å².